The third-order valence-electron chi connectivity index (χ3n) is 4.95. The van der Waals surface area contributed by atoms with Crippen molar-refractivity contribution in [2.24, 2.45) is 10.9 Å². The molecule has 0 bridgehead atoms. The van der Waals surface area contributed by atoms with Crippen LogP contribution in [-0.4, -0.2) is 63.8 Å². The fraction of sp³-hybridized carbons (Fsp3) is 0.600. The van der Waals surface area contributed by atoms with Crippen LogP contribution in [0.15, 0.2) is 23.2 Å². The van der Waals surface area contributed by atoms with Crippen molar-refractivity contribution in [1.82, 2.24) is 15.5 Å². The summed E-state index contributed by atoms with van der Waals surface area (Å²) in [5, 5.41) is 5.93. The van der Waals surface area contributed by atoms with Gasteiger partial charge in [0.15, 0.2) is 24.1 Å². The highest BCUT2D eigenvalue weighted by Gasteiger charge is 2.29. The summed E-state index contributed by atoms with van der Waals surface area (Å²) in [6, 6.07) is 4.79. The number of hydrogen-bond acceptors (Lipinski definition) is 4. The molecular formula is C20H30F3IN4O3. The Labute approximate surface area is 197 Å². The number of carbonyl (C=O) groups excluding carboxylic acids is 1. The molecule has 2 rings (SSSR count). The lowest BCUT2D eigenvalue weighted by atomic mass is 9.93. The Hall–Kier alpha value is -1.92. The molecule has 1 amide bonds. The lowest BCUT2D eigenvalue weighted by molar-refractivity contribution is -0.153. The van der Waals surface area contributed by atoms with E-state index in [0.29, 0.717) is 18.9 Å². The lowest BCUT2D eigenvalue weighted by Gasteiger charge is -2.34. The summed E-state index contributed by atoms with van der Waals surface area (Å²) in [5.74, 6) is 1.45. The summed E-state index contributed by atoms with van der Waals surface area (Å²) in [7, 11) is 4.73. The van der Waals surface area contributed by atoms with Crippen LogP contribution in [0.1, 0.15) is 24.8 Å². The molecule has 0 unspecified atom stereocenters. The third kappa shape index (κ3) is 8.99. The smallest absolute Gasteiger partial charge is 0.422 e. The zero-order valence-electron chi connectivity index (χ0n) is 17.9. The van der Waals surface area contributed by atoms with Gasteiger partial charge in [0.2, 0.25) is 5.91 Å². The fourth-order valence-corrected chi connectivity index (χ4v) is 3.33. The average molecular weight is 558 g/mol. The zero-order valence-corrected chi connectivity index (χ0v) is 20.3. The molecule has 11 heteroatoms. The van der Waals surface area contributed by atoms with E-state index in [1.54, 1.807) is 26.2 Å². The highest BCUT2D eigenvalue weighted by Crippen LogP contribution is 2.30. The van der Waals surface area contributed by atoms with Crippen molar-refractivity contribution in [3.63, 3.8) is 0 Å². The van der Waals surface area contributed by atoms with E-state index in [0.717, 1.165) is 37.5 Å². The number of methoxy groups -OCH3 is 1. The molecule has 1 aromatic rings. The number of rotatable bonds is 7. The van der Waals surface area contributed by atoms with Gasteiger partial charge in [-0.15, -0.1) is 24.0 Å². The molecule has 1 aliphatic rings. The van der Waals surface area contributed by atoms with Crippen LogP contribution < -0.4 is 20.1 Å². The number of amides is 1. The molecule has 0 atom stereocenters. The number of guanidine groups is 1. The van der Waals surface area contributed by atoms with Crippen LogP contribution in [0, 0.1) is 5.92 Å². The van der Waals surface area contributed by atoms with Crippen molar-refractivity contribution in [3.05, 3.63) is 23.8 Å². The highest BCUT2D eigenvalue weighted by molar-refractivity contribution is 14.0. The summed E-state index contributed by atoms with van der Waals surface area (Å²) >= 11 is 0. The van der Waals surface area contributed by atoms with Crippen molar-refractivity contribution in [2.75, 3.05) is 40.9 Å². The Bertz CT molecular complexity index is 739. The minimum absolute atomic E-state index is 0. The Morgan fingerprint density at radius 3 is 2.48 bits per heavy atom. The van der Waals surface area contributed by atoms with Crippen LogP contribution in [0.25, 0.3) is 0 Å². The standard InChI is InChI=1S/C20H29F3N4O3.HI/c1-24-18(28)11-14-6-8-27(9-7-14)19(25-2)26-12-15-4-5-16(17(10-15)29-3)30-13-20(21,22)23;/h4-5,10,14H,6-9,11-13H2,1-3H3,(H,24,28)(H,25,26);1H. The Kier molecular flexibility index (Phi) is 11.2. The molecule has 1 aromatic carbocycles. The Balaban J connectivity index is 0.00000480. The first-order valence-electron chi connectivity index (χ1n) is 9.78. The van der Waals surface area contributed by atoms with Crippen molar-refractivity contribution in [1.29, 1.82) is 0 Å². The van der Waals surface area contributed by atoms with E-state index in [4.69, 9.17) is 9.47 Å². The van der Waals surface area contributed by atoms with Gasteiger partial charge < -0.3 is 25.0 Å². The fourth-order valence-electron chi connectivity index (χ4n) is 3.33. The van der Waals surface area contributed by atoms with E-state index in [9.17, 15) is 18.0 Å². The van der Waals surface area contributed by atoms with E-state index in [-0.39, 0.29) is 41.4 Å². The van der Waals surface area contributed by atoms with Crippen molar-refractivity contribution >= 4 is 35.8 Å². The van der Waals surface area contributed by atoms with Crippen LogP contribution in [-0.2, 0) is 11.3 Å². The van der Waals surface area contributed by atoms with Gasteiger partial charge >= 0.3 is 6.18 Å². The summed E-state index contributed by atoms with van der Waals surface area (Å²) in [5.41, 5.74) is 0.821. The van der Waals surface area contributed by atoms with Crippen LogP contribution in [0.2, 0.25) is 0 Å². The molecule has 1 saturated heterocycles. The number of nitrogens with one attached hydrogen (secondary N) is 2. The maximum absolute atomic E-state index is 12.4. The van der Waals surface area contributed by atoms with Gasteiger partial charge in [0.05, 0.1) is 7.11 Å². The van der Waals surface area contributed by atoms with Gasteiger partial charge in [-0.25, -0.2) is 0 Å². The third-order valence-corrected chi connectivity index (χ3v) is 4.95. The van der Waals surface area contributed by atoms with Gasteiger partial charge in [0.1, 0.15) is 0 Å². The SMILES string of the molecule is CN=C(NCc1ccc(OCC(F)(F)F)c(OC)c1)N1CCC(CC(=O)NC)CC1.I. The number of hydrogen-bond donors (Lipinski definition) is 2. The molecule has 2 N–H and O–H groups in total. The van der Waals surface area contributed by atoms with E-state index in [2.05, 4.69) is 20.5 Å². The van der Waals surface area contributed by atoms with Gasteiger partial charge in [-0.05, 0) is 36.5 Å². The van der Waals surface area contributed by atoms with Gasteiger partial charge in [-0.2, -0.15) is 13.2 Å². The van der Waals surface area contributed by atoms with Gasteiger partial charge in [-0.3, -0.25) is 9.79 Å². The Morgan fingerprint density at radius 1 is 1.26 bits per heavy atom. The lowest BCUT2D eigenvalue weighted by Crippen LogP contribution is -2.45. The van der Waals surface area contributed by atoms with Crippen molar-refractivity contribution in [3.8, 4) is 11.5 Å². The molecule has 176 valence electrons. The summed E-state index contributed by atoms with van der Waals surface area (Å²) in [6.45, 7) is 0.661. The molecule has 1 fully saturated rings. The number of piperidine rings is 1. The second-order valence-electron chi connectivity index (χ2n) is 7.10. The first-order valence-corrected chi connectivity index (χ1v) is 9.78. The molecule has 31 heavy (non-hydrogen) atoms. The minimum atomic E-state index is -4.41. The zero-order chi connectivity index (χ0) is 22.1. The molecule has 0 radical (unpaired) electrons. The molecule has 1 heterocycles. The normalized spacial score (nSPS) is 15.2. The highest BCUT2D eigenvalue weighted by atomic mass is 127. The maximum atomic E-state index is 12.4. The van der Waals surface area contributed by atoms with Gasteiger partial charge in [-0.1, -0.05) is 6.07 Å². The predicted octanol–water partition coefficient (Wildman–Crippen LogP) is 3.18. The largest absolute Gasteiger partial charge is 0.493 e. The summed E-state index contributed by atoms with van der Waals surface area (Å²) in [6.07, 6.45) is -2.05. The van der Waals surface area contributed by atoms with Crippen LogP contribution in [0.5, 0.6) is 11.5 Å². The van der Waals surface area contributed by atoms with Crippen LogP contribution in [0.3, 0.4) is 0 Å². The molecule has 1 aliphatic heterocycles. The first-order chi connectivity index (χ1) is 14.3. The number of alkyl halides is 3. The monoisotopic (exact) mass is 558 g/mol. The van der Waals surface area contributed by atoms with Gasteiger partial charge in [0, 0.05) is 40.2 Å². The van der Waals surface area contributed by atoms with E-state index in [1.807, 2.05) is 0 Å². The molecule has 0 aliphatic carbocycles. The molecule has 0 aromatic heterocycles. The summed E-state index contributed by atoms with van der Waals surface area (Å²) < 4.78 is 47.1. The summed E-state index contributed by atoms with van der Waals surface area (Å²) in [4.78, 5) is 18.0. The number of benzene rings is 1. The quantitative estimate of drug-likeness (QED) is 0.306. The van der Waals surface area contributed by atoms with E-state index in [1.165, 1.54) is 13.2 Å². The maximum Gasteiger partial charge on any atom is 0.422 e. The molecule has 0 saturated carbocycles. The Morgan fingerprint density at radius 2 is 1.94 bits per heavy atom. The number of likely N-dealkylation sites (tertiary alicyclic amines) is 1. The molecule has 0 spiro atoms. The number of aliphatic imine (C=N–C) groups is 1. The minimum Gasteiger partial charge on any atom is -0.493 e. The van der Waals surface area contributed by atoms with E-state index < -0.39 is 12.8 Å². The second-order valence-corrected chi connectivity index (χ2v) is 7.10. The number of halogens is 4. The first kappa shape index (κ1) is 27.1. The second kappa shape index (κ2) is 12.8. The van der Waals surface area contributed by atoms with Crippen molar-refractivity contribution in [2.45, 2.75) is 32.0 Å². The van der Waals surface area contributed by atoms with Crippen molar-refractivity contribution < 1.29 is 27.4 Å². The topological polar surface area (TPSA) is 75.2 Å². The van der Waals surface area contributed by atoms with Crippen LogP contribution >= 0.6 is 24.0 Å². The average Bonchev–Trinajstić information content (AvgIpc) is 2.73. The van der Waals surface area contributed by atoms with Crippen LogP contribution in [0.4, 0.5) is 13.2 Å². The van der Waals surface area contributed by atoms with Gasteiger partial charge in [0.25, 0.3) is 0 Å². The predicted molar refractivity (Wildman–Crippen MR) is 123 cm³/mol. The van der Waals surface area contributed by atoms with E-state index >= 15 is 0 Å². The number of nitrogens with zero attached hydrogens (tertiary/aromatic N) is 2. The number of carbonyl (C=O) groups is 1. The number of ether oxygens (including phenoxy) is 2. The molecular weight excluding hydrogens is 528 g/mol. The molecule has 7 nitrogen and oxygen atoms in total.